The first-order valence-electron chi connectivity index (χ1n) is 5.48. The van der Waals surface area contributed by atoms with Gasteiger partial charge in [0.05, 0.1) is 16.6 Å². The number of aromatic nitrogens is 3. The largest absolute Gasteiger partial charge is 0.481 e. The van der Waals surface area contributed by atoms with Crippen LogP contribution in [0.4, 0.5) is 0 Å². The number of nitrogens with zero attached hydrogens (tertiary/aromatic N) is 3. The van der Waals surface area contributed by atoms with Gasteiger partial charge in [-0.3, -0.25) is 4.79 Å². The summed E-state index contributed by atoms with van der Waals surface area (Å²) in [5.74, 6) is -0.228. The highest BCUT2D eigenvalue weighted by Gasteiger charge is 2.17. The molecule has 0 fully saturated rings. The molecule has 2 rings (SSSR count). The molecular weight excluding hydrogens is 378 g/mol. The van der Waals surface area contributed by atoms with Crippen molar-refractivity contribution in [3.8, 4) is 5.82 Å². The third kappa shape index (κ3) is 2.87. The van der Waals surface area contributed by atoms with Gasteiger partial charge >= 0.3 is 5.97 Å². The molecule has 0 aliphatic heterocycles. The van der Waals surface area contributed by atoms with Crippen molar-refractivity contribution in [3.05, 3.63) is 38.2 Å². The Hall–Kier alpha value is -1.21. The molecule has 0 aromatic carbocycles. The summed E-state index contributed by atoms with van der Waals surface area (Å²) in [6, 6.07) is 1.87. The first-order chi connectivity index (χ1) is 8.90. The van der Waals surface area contributed by atoms with Crippen LogP contribution >= 0.6 is 31.9 Å². The van der Waals surface area contributed by atoms with Crippen molar-refractivity contribution in [1.29, 1.82) is 0 Å². The lowest BCUT2D eigenvalue weighted by Crippen LogP contribution is -2.05. The molecular formula is C12H11Br2N3O2. The fourth-order valence-electron chi connectivity index (χ4n) is 1.85. The van der Waals surface area contributed by atoms with Gasteiger partial charge < -0.3 is 5.11 Å². The number of carboxylic acids is 1. The summed E-state index contributed by atoms with van der Waals surface area (Å²) >= 11 is 6.77. The fourth-order valence-corrected chi connectivity index (χ4v) is 3.01. The minimum absolute atomic E-state index is 0.0359. The van der Waals surface area contributed by atoms with E-state index in [9.17, 15) is 4.79 Å². The standard InChI is InChI=1S/C12H11Br2N3O2/c1-6-9(4-11(18)19)7(2)17(16-6)12-10(14)3-8(13)5-15-12/h3,5H,4H2,1-2H3,(H,18,19). The zero-order chi connectivity index (χ0) is 14.2. The zero-order valence-electron chi connectivity index (χ0n) is 10.3. The van der Waals surface area contributed by atoms with E-state index in [1.165, 1.54) is 0 Å². The monoisotopic (exact) mass is 387 g/mol. The van der Waals surface area contributed by atoms with Crippen LogP contribution in [0.15, 0.2) is 21.2 Å². The minimum Gasteiger partial charge on any atom is -0.481 e. The average Bonchev–Trinajstić information content (AvgIpc) is 2.57. The van der Waals surface area contributed by atoms with Crippen molar-refractivity contribution in [2.45, 2.75) is 20.3 Å². The number of carboxylic acid groups (broad SMARTS) is 1. The van der Waals surface area contributed by atoms with Crippen LogP contribution in [-0.2, 0) is 11.2 Å². The first-order valence-corrected chi connectivity index (χ1v) is 7.07. The Kier molecular flexibility index (Phi) is 4.05. The summed E-state index contributed by atoms with van der Waals surface area (Å²) in [6.45, 7) is 3.64. The molecule has 7 heteroatoms. The van der Waals surface area contributed by atoms with Crippen molar-refractivity contribution in [2.24, 2.45) is 0 Å². The van der Waals surface area contributed by atoms with Gasteiger partial charge in [-0.05, 0) is 51.8 Å². The Morgan fingerprint density at radius 3 is 2.68 bits per heavy atom. The minimum atomic E-state index is -0.867. The van der Waals surface area contributed by atoms with Gasteiger partial charge in [0, 0.05) is 21.9 Å². The van der Waals surface area contributed by atoms with E-state index in [1.807, 2.05) is 13.0 Å². The molecule has 2 aromatic heterocycles. The van der Waals surface area contributed by atoms with Gasteiger partial charge in [0.25, 0.3) is 0 Å². The molecule has 0 aliphatic carbocycles. The van der Waals surface area contributed by atoms with Crippen molar-refractivity contribution in [1.82, 2.24) is 14.8 Å². The molecule has 2 heterocycles. The van der Waals surface area contributed by atoms with E-state index in [2.05, 4.69) is 41.9 Å². The highest BCUT2D eigenvalue weighted by molar-refractivity contribution is 9.11. The molecule has 0 amide bonds. The van der Waals surface area contributed by atoms with Crippen LogP contribution in [0, 0.1) is 13.8 Å². The number of halogens is 2. The molecule has 0 bridgehead atoms. The molecule has 0 aliphatic rings. The molecule has 100 valence electrons. The molecule has 0 atom stereocenters. The SMILES string of the molecule is Cc1nn(-c2ncc(Br)cc2Br)c(C)c1CC(=O)O. The van der Waals surface area contributed by atoms with Gasteiger partial charge in [0.2, 0.25) is 0 Å². The number of aryl methyl sites for hydroxylation is 1. The van der Waals surface area contributed by atoms with Gasteiger partial charge in [-0.1, -0.05) is 0 Å². The molecule has 1 N–H and O–H groups in total. The van der Waals surface area contributed by atoms with E-state index in [0.29, 0.717) is 11.5 Å². The fraction of sp³-hybridized carbons (Fsp3) is 0.250. The maximum Gasteiger partial charge on any atom is 0.307 e. The summed E-state index contributed by atoms with van der Waals surface area (Å²) in [5, 5.41) is 13.3. The topological polar surface area (TPSA) is 68.0 Å². The summed E-state index contributed by atoms with van der Waals surface area (Å²) in [4.78, 5) is 15.2. The third-order valence-electron chi connectivity index (χ3n) is 2.76. The van der Waals surface area contributed by atoms with Crippen LogP contribution in [0.2, 0.25) is 0 Å². The number of rotatable bonds is 3. The number of carbonyl (C=O) groups is 1. The van der Waals surface area contributed by atoms with Gasteiger partial charge in [0.1, 0.15) is 0 Å². The number of pyridine rings is 1. The van der Waals surface area contributed by atoms with Crippen LogP contribution in [0.3, 0.4) is 0 Å². The van der Waals surface area contributed by atoms with Crippen LogP contribution in [-0.4, -0.2) is 25.8 Å². The van der Waals surface area contributed by atoms with Crippen LogP contribution in [0.25, 0.3) is 5.82 Å². The Labute approximate surface area is 126 Å². The van der Waals surface area contributed by atoms with Crippen molar-refractivity contribution in [3.63, 3.8) is 0 Å². The van der Waals surface area contributed by atoms with E-state index >= 15 is 0 Å². The van der Waals surface area contributed by atoms with Crippen molar-refractivity contribution in [2.75, 3.05) is 0 Å². The van der Waals surface area contributed by atoms with Gasteiger partial charge in [-0.25, -0.2) is 9.67 Å². The number of hydrogen-bond donors (Lipinski definition) is 1. The van der Waals surface area contributed by atoms with Crippen molar-refractivity contribution >= 4 is 37.8 Å². The van der Waals surface area contributed by atoms with Crippen LogP contribution < -0.4 is 0 Å². The Bertz CT molecular complexity index is 653. The van der Waals surface area contributed by atoms with E-state index < -0.39 is 5.97 Å². The van der Waals surface area contributed by atoms with Gasteiger partial charge in [-0.15, -0.1) is 0 Å². The second-order valence-corrected chi connectivity index (χ2v) is 5.86. The highest BCUT2D eigenvalue weighted by atomic mass is 79.9. The average molecular weight is 389 g/mol. The van der Waals surface area contributed by atoms with Gasteiger partial charge in [0.15, 0.2) is 5.82 Å². The summed E-state index contributed by atoms with van der Waals surface area (Å²) < 4.78 is 3.30. The summed E-state index contributed by atoms with van der Waals surface area (Å²) in [7, 11) is 0. The van der Waals surface area contributed by atoms with Gasteiger partial charge in [-0.2, -0.15) is 5.10 Å². The summed E-state index contributed by atoms with van der Waals surface area (Å²) in [5.41, 5.74) is 2.22. The molecule has 0 radical (unpaired) electrons. The third-order valence-corrected chi connectivity index (χ3v) is 3.78. The molecule has 0 saturated carbocycles. The molecule has 0 spiro atoms. The quantitative estimate of drug-likeness (QED) is 0.877. The van der Waals surface area contributed by atoms with E-state index in [0.717, 1.165) is 20.2 Å². The lowest BCUT2D eigenvalue weighted by atomic mass is 10.1. The van der Waals surface area contributed by atoms with Crippen LogP contribution in [0.5, 0.6) is 0 Å². The van der Waals surface area contributed by atoms with E-state index in [4.69, 9.17) is 5.11 Å². The van der Waals surface area contributed by atoms with E-state index in [-0.39, 0.29) is 6.42 Å². The smallest absolute Gasteiger partial charge is 0.307 e. The Morgan fingerprint density at radius 2 is 2.11 bits per heavy atom. The highest BCUT2D eigenvalue weighted by Crippen LogP contribution is 2.25. The Balaban J connectivity index is 2.54. The lowest BCUT2D eigenvalue weighted by Gasteiger charge is -2.06. The molecule has 5 nitrogen and oxygen atoms in total. The maximum absolute atomic E-state index is 10.9. The van der Waals surface area contributed by atoms with Crippen LogP contribution in [0.1, 0.15) is 17.0 Å². The Morgan fingerprint density at radius 1 is 1.42 bits per heavy atom. The molecule has 0 saturated heterocycles. The predicted molar refractivity (Wildman–Crippen MR) is 77.6 cm³/mol. The number of hydrogen-bond acceptors (Lipinski definition) is 3. The van der Waals surface area contributed by atoms with E-state index in [1.54, 1.807) is 17.8 Å². The van der Waals surface area contributed by atoms with Crippen molar-refractivity contribution < 1.29 is 9.90 Å². The second-order valence-electron chi connectivity index (χ2n) is 4.09. The lowest BCUT2D eigenvalue weighted by molar-refractivity contribution is -0.136. The predicted octanol–water partition coefficient (Wildman–Crippen LogP) is 3.04. The normalized spacial score (nSPS) is 10.7. The second kappa shape index (κ2) is 5.42. The summed E-state index contributed by atoms with van der Waals surface area (Å²) in [6.07, 6.45) is 1.64. The first kappa shape index (κ1) is 14.2. The molecule has 0 unspecified atom stereocenters. The molecule has 19 heavy (non-hydrogen) atoms. The number of aliphatic carboxylic acids is 1. The molecule has 2 aromatic rings. The zero-order valence-corrected chi connectivity index (χ0v) is 13.5. The maximum atomic E-state index is 10.9.